The third-order valence-electron chi connectivity index (χ3n) is 3.99. The van der Waals surface area contributed by atoms with E-state index < -0.39 is 16.1 Å². The summed E-state index contributed by atoms with van der Waals surface area (Å²) in [5.41, 5.74) is 1.04. The number of carbonyl (C=O) groups excluding carboxylic acids is 1. The Morgan fingerprint density at radius 1 is 1.38 bits per heavy atom. The highest BCUT2D eigenvalue weighted by atomic mass is 32.2. The van der Waals surface area contributed by atoms with Crippen LogP contribution in [0.2, 0.25) is 0 Å². The second-order valence-corrected chi connectivity index (χ2v) is 7.67. The topological polar surface area (TPSA) is 97.2 Å². The van der Waals surface area contributed by atoms with E-state index in [0.717, 1.165) is 5.69 Å². The van der Waals surface area contributed by atoms with Crippen molar-refractivity contribution in [2.75, 3.05) is 12.8 Å². The van der Waals surface area contributed by atoms with Crippen molar-refractivity contribution < 1.29 is 13.2 Å². The molecule has 9 heteroatoms. The lowest BCUT2D eigenvalue weighted by Crippen LogP contribution is -2.40. The van der Waals surface area contributed by atoms with Crippen LogP contribution in [0.25, 0.3) is 0 Å². The fraction of sp³-hybridized carbons (Fsp3) is 0.400. The third-order valence-corrected chi connectivity index (χ3v) is 5.34. The number of carbonyl (C=O) groups is 1. The van der Waals surface area contributed by atoms with Crippen LogP contribution < -0.4 is 5.32 Å². The molecule has 0 radical (unpaired) electrons. The minimum absolute atomic E-state index is 0.281. The number of fused-ring (bicyclic) bond motifs is 1. The highest BCUT2D eigenvalue weighted by Crippen LogP contribution is 2.26. The molecule has 3 rings (SSSR count). The van der Waals surface area contributed by atoms with Crippen molar-refractivity contribution in [1.82, 2.24) is 24.2 Å². The molecular weight excluding hydrogens is 330 g/mol. The standard InChI is InChI=1S/C15H19N5O3S/c1-11-14-18-13(10-19(14)7-8-20(11)24(2,22)23)15(21)17-9-12-5-3-4-6-16-12/h3-6,10-11H,7-9H2,1-2H3,(H,17,21)/t11-/m0/s1. The van der Waals surface area contributed by atoms with Gasteiger partial charge in [0.2, 0.25) is 10.0 Å². The van der Waals surface area contributed by atoms with Crippen molar-refractivity contribution >= 4 is 15.9 Å². The summed E-state index contributed by atoms with van der Waals surface area (Å²) in [6, 6.07) is 5.09. The first-order chi connectivity index (χ1) is 11.4. The number of nitrogens with one attached hydrogen (secondary N) is 1. The lowest BCUT2D eigenvalue weighted by molar-refractivity contribution is 0.0945. The largest absolute Gasteiger partial charge is 0.345 e. The van der Waals surface area contributed by atoms with Crippen molar-refractivity contribution in [2.45, 2.75) is 26.1 Å². The normalized spacial score (nSPS) is 18.2. The summed E-state index contributed by atoms with van der Waals surface area (Å²) in [7, 11) is -3.30. The molecule has 2 aromatic heterocycles. The lowest BCUT2D eigenvalue weighted by atomic mass is 10.2. The van der Waals surface area contributed by atoms with Crippen LogP contribution in [0.3, 0.4) is 0 Å². The number of aromatic nitrogens is 3. The Labute approximate surface area is 140 Å². The van der Waals surface area contributed by atoms with Gasteiger partial charge in [0.05, 0.1) is 24.5 Å². The smallest absolute Gasteiger partial charge is 0.271 e. The molecule has 1 amide bonds. The molecule has 0 saturated carbocycles. The maximum absolute atomic E-state index is 12.3. The van der Waals surface area contributed by atoms with Crippen molar-refractivity contribution in [2.24, 2.45) is 0 Å². The molecule has 0 saturated heterocycles. The highest BCUT2D eigenvalue weighted by molar-refractivity contribution is 7.88. The molecule has 8 nitrogen and oxygen atoms in total. The van der Waals surface area contributed by atoms with E-state index in [4.69, 9.17) is 0 Å². The van der Waals surface area contributed by atoms with Crippen LogP contribution in [-0.4, -0.2) is 46.0 Å². The summed E-state index contributed by atoms with van der Waals surface area (Å²) in [5.74, 6) is 0.273. The molecule has 3 heterocycles. The highest BCUT2D eigenvalue weighted by Gasteiger charge is 2.32. The molecule has 0 aliphatic carbocycles. The van der Waals surface area contributed by atoms with Gasteiger partial charge in [-0.05, 0) is 19.1 Å². The summed E-state index contributed by atoms with van der Waals surface area (Å²) in [6.07, 6.45) is 4.51. The zero-order valence-electron chi connectivity index (χ0n) is 13.5. The van der Waals surface area contributed by atoms with Crippen LogP contribution in [0.15, 0.2) is 30.6 Å². The zero-order chi connectivity index (χ0) is 17.3. The first kappa shape index (κ1) is 16.6. The van der Waals surface area contributed by atoms with E-state index in [1.807, 2.05) is 22.8 Å². The summed E-state index contributed by atoms with van der Waals surface area (Å²) in [4.78, 5) is 20.8. The van der Waals surface area contributed by atoms with E-state index in [2.05, 4.69) is 15.3 Å². The van der Waals surface area contributed by atoms with E-state index in [-0.39, 0.29) is 11.6 Å². The fourth-order valence-electron chi connectivity index (χ4n) is 2.80. The van der Waals surface area contributed by atoms with Gasteiger partial charge in [-0.2, -0.15) is 4.31 Å². The number of nitrogens with zero attached hydrogens (tertiary/aromatic N) is 4. The van der Waals surface area contributed by atoms with E-state index in [1.165, 1.54) is 10.6 Å². The van der Waals surface area contributed by atoms with Gasteiger partial charge in [0, 0.05) is 25.5 Å². The van der Waals surface area contributed by atoms with Gasteiger partial charge in [0.15, 0.2) is 0 Å². The Morgan fingerprint density at radius 3 is 2.83 bits per heavy atom. The average molecular weight is 349 g/mol. The number of pyridine rings is 1. The molecule has 0 unspecified atom stereocenters. The molecule has 0 aromatic carbocycles. The molecule has 2 aromatic rings. The SMILES string of the molecule is C[C@H]1c2nc(C(=O)NCc3ccccn3)cn2CCN1S(C)(=O)=O. The Balaban J connectivity index is 1.74. The number of hydrogen-bond donors (Lipinski definition) is 1. The first-order valence-corrected chi connectivity index (χ1v) is 9.43. The van der Waals surface area contributed by atoms with Crippen LogP contribution in [-0.2, 0) is 23.1 Å². The minimum atomic E-state index is -3.30. The summed E-state index contributed by atoms with van der Waals surface area (Å²) < 4.78 is 26.8. The molecule has 128 valence electrons. The molecular formula is C15H19N5O3S. The van der Waals surface area contributed by atoms with Crippen molar-refractivity contribution in [3.8, 4) is 0 Å². The number of amides is 1. The summed E-state index contributed by atoms with van der Waals surface area (Å²) >= 11 is 0. The Hall–Kier alpha value is -2.26. The van der Waals surface area contributed by atoms with Crippen LogP contribution in [0.4, 0.5) is 0 Å². The molecule has 1 aliphatic heterocycles. The minimum Gasteiger partial charge on any atom is -0.345 e. The van der Waals surface area contributed by atoms with E-state index in [1.54, 1.807) is 19.3 Å². The molecule has 0 spiro atoms. The maximum Gasteiger partial charge on any atom is 0.271 e. The molecule has 1 aliphatic rings. The molecule has 1 atom stereocenters. The van der Waals surface area contributed by atoms with Gasteiger partial charge in [0.1, 0.15) is 11.5 Å². The average Bonchev–Trinajstić information content (AvgIpc) is 2.98. The van der Waals surface area contributed by atoms with E-state index in [0.29, 0.717) is 25.5 Å². The molecule has 24 heavy (non-hydrogen) atoms. The van der Waals surface area contributed by atoms with Crippen molar-refractivity contribution in [3.05, 3.63) is 47.8 Å². The van der Waals surface area contributed by atoms with Crippen LogP contribution in [0.1, 0.15) is 35.0 Å². The molecule has 1 N–H and O–H groups in total. The first-order valence-electron chi connectivity index (χ1n) is 7.58. The fourth-order valence-corrected chi connectivity index (χ4v) is 3.88. The van der Waals surface area contributed by atoms with Crippen LogP contribution in [0.5, 0.6) is 0 Å². The van der Waals surface area contributed by atoms with Crippen LogP contribution in [0, 0.1) is 0 Å². The summed E-state index contributed by atoms with van der Waals surface area (Å²) in [5, 5.41) is 2.77. The Morgan fingerprint density at radius 2 is 2.17 bits per heavy atom. The van der Waals surface area contributed by atoms with Gasteiger partial charge in [0.25, 0.3) is 5.91 Å². The van der Waals surface area contributed by atoms with Gasteiger partial charge in [-0.3, -0.25) is 9.78 Å². The number of sulfonamides is 1. The number of imidazole rings is 1. The maximum atomic E-state index is 12.3. The third kappa shape index (κ3) is 3.31. The van der Waals surface area contributed by atoms with Crippen molar-refractivity contribution in [1.29, 1.82) is 0 Å². The molecule has 0 fully saturated rings. The van der Waals surface area contributed by atoms with Gasteiger partial charge in [-0.25, -0.2) is 13.4 Å². The van der Waals surface area contributed by atoms with Crippen LogP contribution >= 0.6 is 0 Å². The molecule has 0 bridgehead atoms. The van der Waals surface area contributed by atoms with Gasteiger partial charge in [-0.15, -0.1) is 0 Å². The monoisotopic (exact) mass is 349 g/mol. The van der Waals surface area contributed by atoms with Gasteiger partial charge < -0.3 is 9.88 Å². The Bertz CT molecular complexity index is 847. The zero-order valence-corrected chi connectivity index (χ0v) is 14.3. The van der Waals surface area contributed by atoms with E-state index in [9.17, 15) is 13.2 Å². The second kappa shape index (κ2) is 6.33. The number of hydrogen-bond acceptors (Lipinski definition) is 5. The van der Waals surface area contributed by atoms with Crippen molar-refractivity contribution in [3.63, 3.8) is 0 Å². The second-order valence-electron chi connectivity index (χ2n) is 5.73. The summed E-state index contributed by atoms with van der Waals surface area (Å²) in [6.45, 7) is 2.94. The number of rotatable bonds is 4. The van der Waals surface area contributed by atoms with E-state index >= 15 is 0 Å². The van der Waals surface area contributed by atoms with Gasteiger partial charge in [-0.1, -0.05) is 6.07 Å². The predicted octanol–water partition coefficient (Wildman–Crippen LogP) is 0.544. The predicted molar refractivity (Wildman–Crippen MR) is 87.6 cm³/mol. The lowest BCUT2D eigenvalue weighted by Gasteiger charge is -2.31. The Kier molecular flexibility index (Phi) is 4.37. The quantitative estimate of drug-likeness (QED) is 0.869. The van der Waals surface area contributed by atoms with Gasteiger partial charge >= 0.3 is 0 Å².